The Kier molecular flexibility index (Phi) is 3.10. The van der Waals surface area contributed by atoms with Crippen molar-refractivity contribution in [3.05, 3.63) is 29.8 Å². The van der Waals surface area contributed by atoms with Gasteiger partial charge in [0.15, 0.2) is 0 Å². The molecule has 86 valence electrons. The standard InChI is InChI=1S/C12H16N2O2/c1-9-4-2-3-5-11(9)14-8-10(6-7-13)16-12(14)15/h2-5,10H,6-8,13H2,1H3. The van der Waals surface area contributed by atoms with Gasteiger partial charge in [-0.2, -0.15) is 0 Å². The summed E-state index contributed by atoms with van der Waals surface area (Å²) in [7, 11) is 0. The number of anilines is 1. The van der Waals surface area contributed by atoms with E-state index in [-0.39, 0.29) is 12.2 Å². The van der Waals surface area contributed by atoms with E-state index < -0.39 is 0 Å². The van der Waals surface area contributed by atoms with Gasteiger partial charge in [-0.3, -0.25) is 4.90 Å². The molecule has 1 saturated heterocycles. The van der Waals surface area contributed by atoms with E-state index in [0.29, 0.717) is 19.5 Å². The minimum absolute atomic E-state index is 0.0721. The number of hydrogen-bond acceptors (Lipinski definition) is 3. The van der Waals surface area contributed by atoms with Crippen LogP contribution in [0.25, 0.3) is 0 Å². The number of nitrogens with zero attached hydrogens (tertiary/aromatic N) is 1. The van der Waals surface area contributed by atoms with E-state index in [2.05, 4.69) is 0 Å². The van der Waals surface area contributed by atoms with Crippen LogP contribution in [0.2, 0.25) is 0 Å². The van der Waals surface area contributed by atoms with E-state index in [0.717, 1.165) is 11.3 Å². The average Bonchev–Trinajstić information content (AvgIpc) is 2.61. The maximum absolute atomic E-state index is 11.7. The molecule has 4 nitrogen and oxygen atoms in total. The molecular formula is C12H16N2O2. The summed E-state index contributed by atoms with van der Waals surface area (Å²) in [5.74, 6) is 0. The number of benzene rings is 1. The highest BCUT2D eigenvalue weighted by molar-refractivity contribution is 5.90. The van der Waals surface area contributed by atoms with Gasteiger partial charge in [0.25, 0.3) is 0 Å². The summed E-state index contributed by atoms with van der Waals surface area (Å²) >= 11 is 0. The van der Waals surface area contributed by atoms with Crippen LogP contribution in [-0.4, -0.2) is 25.3 Å². The molecule has 0 spiro atoms. The molecule has 1 fully saturated rings. The SMILES string of the molecule is Cc1ccccc1N1CC(CCN)OC1=O. The number of aryl methyl sites for hydroxylation is 1. The monoisotopic (exact) mass is 220 g/mol. The summed E-state index contributed by atoms with van der Waals surface area (Å²) in [4.78, 5) is 13.4. The quantitative estimate of drug-likeness (QED) is 0.843. The summed E-state index contributed by atoms with van der Waals surface area (Å²) in [6, 6.07) is 7.80. The van der Waals surface area contributed by atoms with E-state index in [9.17, 15) is 4.79 Å². The number of nitrogens with two attached hydrogens (primary N) is 1. The summed E-state index contributed by atoms with van der Waals surface area (Å²) in [6.45, 7) is 3.12. The third-order valence-corrected chi connectivity index (χ3v) is 2.77. The molecule has 1 aromatic rings. The highest BCUT2D eigenvalue weighted by Crippen LogP contribution is 2.25. The topological polar surface area (TPSA) is 55.6 Å². The molecule has 2 rings (SSSR count). The zero-order valence-corrected chi connectivity index (χ0v) is 9.35. The highest BCUT2D eigenvalue weighted by atomic mass is 16.6. The Balaban J connectivity index is 2.17. The molecule has 1 amide bonds. The van der Waals surface area contributed by atoms with Crippen molar-refractivity contribution < 1.29 is 9.53 Å². The first-order valence-corrected chi connectivity index (χ1v) is 5.46. The molecule has 1 unspecified atom stereocenters. The second-order valence-corrected chi connectivity index (χ2v) is 3.98. The van der Waals surface area contributed by atoms with Crippen molar-refractivity contribution in [1.82, 2.24) is 0 Å². The normalized spacial score (nSPS) is 20.0. The van der Waals surface area contributed by atoms with E-state index in [1.54, 1.807) is 4.90 Å². The van der Waals surface area contributed by atoms with Crippen LogP contribution >= 0.6 is 0 Å². The highest BCUT2D eigenvalue weighted by Gasteiger charge is 2.32. The van der Waals surface area contributed by atoms with Crippen LogP contribution in [-0.2, 0) is 4.74 Å². The van der Waals surface area contributed by atoms with E-state index in [1.165, 1.54) is 0 Å². The molecule has 0 bridgehead atoms. The summed E-state index contributed by atoms with van der Waals surface area (Å²) in [5, 5.41) is 0. The van der Waals surface area contributed by atoms with Crippen molar-refractivity contribution in [2.75, 3.05) is 18.0 Å². The lowest BCUT2D eigenvalue weighted by atomic mass is 10.1. The van der Waals surface area contributed by atoms with Crippen LogP contribution < -0.4 is 10.6 Å². The van der Waals surface area contributed by atoms with Crippen molar-refractivity contribution in [3.8, 4) is 0 Å². The van der Waals surface area contributed by atoms with Gasteiger partial charge in [0, 0.05) is 0 Å². The van der Waals surface area contributed by atoms with Crippen molar-refractivity contribution in [2.45, 2.75) is 19.4 Å². The first kappa shape index (κ1) is 11.0. The van der Waals surface area contributed by atoms with Crippen molar-refractivity contribution in [3.63, 3.8) is 0 Å². The Morgan fingerprint density at radius 1 is 1.50 bits per heavy atom. The number of cyclic esters (lactones) is 1. The Bertz CT molecular complexity index is 392. The molecule has 4 heteroatoms. The number of carbonyl (C=O) groups is 1. The van der Waals surface area contributed by atoms with E-state index in [1.807, 2.05) is 31.2 Å². The van der Waals surface area contributed by atoms with Crippen LogP contribution in [0.3, 0.4) is 0 Å². The summed E-state index contributed by atoms with van der Waals surface area (Å²) in [6.07, 6.45) is 0.374. The van der Waals surface area contributed by atoms with Crippen molar-refractivity contribution in [1.29, 1.82) is 0 Å². The van der Waals surface area contributed by atoms with Crippen LogP contribution in [0, 0.1) is 6.92 Å². The second kappa shape index (κ2) is 4.53. The van der Waals surface area contributed by atoms with Gasteiger partial charge in [-0.25, -0.2) is 4.79 Å². The molecule has 1 aliphatic rings. The zero-order valence-electron chi connectivity index (χ0n) is 9.35. The van der Waals surface area contributed by atoms with Crippen LogP contribution in [0.4, 0.5) is 10.5 Å². The first-order valence-electron chi connectivity index (χ1n) is 5.46. The number of amides is 1. The fraction of sp³-hybridized carbons (Fsp3) is 0.417. The molecule has 16 heavy (non-hydrogen) atoms. The van der Waals surface area contributed by atoms with Crippen LogP contribution in [0.1, 0.15) is 12.0 Å². The van der Waals surface area contributed by atoms with E-state index in [4.69, 9.17) is 10.5 Å². The smallest absolute Gasteiger partial charge is 0.414 e. The Labute approximate surface area is 95.0 Å². The lowest BCUT2D eigenvalue weighted by molar-refractivity contribution is 0.138. The number of hydrogen-bond donors (Lipinski definition) is 1. The third-order valence-electron chi connectivity index (χ3n) is 2.77. The molecule has 0 aliphatic carbocycles. The fourth-order valence-electron chi connectivity index (χ4n) is 1.92. The second-order valence-electron chi connectivity index (χ2n) is 3.98. The van der Waals surface area contributed by atoms with Gasteiger partial charge in [-0.05, 0) is 31.5 Å². The first-order chi connectivity index (χ1) is 7.72. The predicted molar refractivity (Wildman–Crippen MR) is 62.5 cm³/mol. The molecular weight excluding hydrogens is 204 g/mol. The van der Waals surface area contributed by atoms with E-state index >= 15 is 0 Å². The van der Waals surface area contributed by atoms with Gasteiger partial charge in [-0.15, -0.1) is 0 Å². The molecule has 2 N–H and O–H groups in total. The number of rotatable bonds is 3. The maximum Gasteiger partial charge on any atom is 0.414 e. The Morgan fingerprint density at radius 2 is 2.25 bits per heavy atom. The number of carbonyl (C=O) groups excluding carboxylic acids is 1. The minimum atomic E-state index is -0.271. The lowest BCUT2D eigenvalue weighted by Gasteiger charge is -2.15. The van der Waals surface area contributed by atoms with Gasteiger partial charge >= 0.3 is 6.09 Å². The maximum atomic E-state index is 11.7. The zero-order chi connectivity index (χ0) is 11.5. The van der Waals surface area contributed by atoms with Gasteiger partial charge in [0.2, 0.25) is 0 Å². The predicted octanol–water partition coefficient (Wildman–Crippen LogP) is 1.67. The lowest BCUT2D eigenvalue weighted by Crippen LogP contribution is -2.25. The minimum Gasteiger partial charge on any atom is -0.444 e. The molecule has 1 heterocycles. The number of para-hydroxylation sites is 1. The van der Waals surface area contributed by atoms with Crippen molar-refractivity contribution in [2.24, 2.45) is 5.73 Å². The van der Waals surface area contributed by atoms with Gasteiger partial charge in [0.05, 0.1) is 12.2 Å². The fourth-order valence-corrected chi connectivity index (χ4v) is 1.92. The van der Waals surface area contributed by atoms with Gasteiger partial charge in [-0.1, -0.05) is 18.2 Å². The largest absolute Gasteiger partial charge is 0.444 e. The van der Waals surface area contributed by atoms with Crippen LogP contribution in [0.15, 0.2) is 24.3 Å². The molecule has 0 radical (unpaired) electrons. The van der Waals surface area contributed by atoms with Gasteiger partial charge in [0.1, 0.15) is 6.10 Å². The molecule has 1 aliphatic heterocycles. The molecule has 1 atom stereocenters. The molecule has 1 aromatic carbocycles. The third kappa shape index (κ3) is 2.02. The van der Waals surface area contributed by atoms with Crippen LogP contribution in [0.5, 0.6) is 0 Å². The number of ether oxygens (including phenoxy) is 1. The summed E-state index contributed by atoms with van der Waals surface area (Å²) in [5.41, 5.74) is 7.46. The van der Waals surface area contributed by atoms with Gasteiger partial charge < -0.3 is 10.5 Å². The molecule has 0 saturated carbocycles. The summed E-state index contributed by atoms with van der Waals surface area (Å²) < 4.78 is 5.23. The Hall–Kier alpha value is -1.55. The average molecular weight is 220 g/mol. The van der Waals surface area contributed by atoms with Crippen molar-refractivity contribution >= 4 is 11.8 Å². The Morgan fingerprint density at radius 3 is 2.94 bits per heavy atom. The molecule has 0 aromatic heterocycles.